The SMILES string of the molecule is CCOC(=O)C1=NN(c2ccccc2)[C@H](C(=O)Nc2nncs2)C1. The maximum Gasteiger partial charge on any atom is 0.354 e. The number of aromatic nitrogens is 2. The van der Waals surface area contributed by atoms with Gasteiger partial charge in [-0.05, 0) is 19.1 Å². The predicted octanol–water partition coefficient (Wildman–Crippen LogP) is 1.67. The molecule has 1 aromatic carbocycles. The van der Waals surface area contributed by atoms with Gasteiger partial charge in [-0.15, -0.1) is 10.2 Å². The fourth-order valence-corrected chi connectivity index (χ4v) is 2.74. The minimum atomic E-state index is -0.657. The minimum Gasteiger partial charge on any atom is -0.461 e. The number of hydrogen-bond acceptors (Lipinski definition) is 8. The summed E-state index contributed by atoms with van der Waals surface area (Å²) in [6.07, 6.45) is 0.165. The Hall–Kier alpha value is -2.81. The number of ether oxygens (including phenoxy) is 1. The molecule has 8 nitrogen and oxygen atoms in total. The molecule has 0 aliphatic carbocycles. The van der Waals surface area contributed by atoms with Gasteiger partial charge in [-0.3, -0.25) is 15.1 Å². The van der Waals surface area contributed by atoms with Crippen LogP contribution in [-0.2, 0) is 14.3 Å². The van der Waals surface area contributed by atoms with Crippen LogP contribution in [0.15, 0.2) is 40.9 Å². The van der Waals surface area contributed by atoms with E-state index in [0.29, 0.717) is 10.8 Å². The van der Waals surface area contributed by atoms with Gasteiger partial charge in [0.2, 0.25) is 5.13 Å². The number of hydrazone groups is 1. The third-order valence-electron chi connectivity index (χ3n) is 3.33. The van der Waals surface area contributed by atoms with Crippen LogP contribution in [0.4, 0.5) is 10.8 Å². The summed E-state index contributed by atoms with van der Waals surface area (Å²) >= 11 is 1.22. The summed E-state index contributed by atoms with van der Waals surface area (Å²) in [5, 5.41) is 16.4. The first kappa shape index (κ1) is 16.1. The van der Waals surface area contributed by atoms with Crippen molar-refractivity contribution in [1.82, 2.24) is 10.2 Å². The van der Waals surface area contributed by atoms with Crippen molar-refractivity contribution in [3.05, 3.63) is 35.8 Å². The summed E-state index contributed by atoms with van der Waals surface area (Å²) in [6.45, 7) is 1.98. The molecular formula is C15H15N5O3S. The molecule has 9 heteroatoms. The Kier molecular flexibility index (Phi) is 4.80. The van der Waals surface area contributed by atoms with Gasteiger partial charge in [0.05, 0.1) is 12.3 Å². The number of rotatable bonds is 5. The van der Waals surface area contributed by atoms with E-state index in [1.54, 1.807) is 6.92 Å². The highest BCUT2D eigenvalue weighted by Gasteiger charge is 2.37. The van der Waals surface area contributed by atoms with Crippen molar-refractivity contribution < 1.29 is 14.3 Å². The zero-order chi connectivity index (χ0) is 16.9. The van der Waals surface area contributed by atoms with Gasteiger partial charge in [-0.1, -0.05) is 29.5 Å². The molecular weight excluding hydrogens is 330 g/mol. The van der Waals surface area contributed by atoms with Crippen molar-refractivity contribution in [1.29, 1.82) is 0 Å². The maximum absolute atomic E-state index is 12.6. The van der Waals surface area contributed by atoms with E-state index in [1.807, 2.05) is 30.3 Å². The summed E-state index contributed by atoms with van der Waals surface area (Å²) in [4.78, 5) is 24.6. The molecule has 0 fully saturated rings. The molecule has 124 valence electrons. The molecule has 1 aliphatic heterocycles. The van der Waals surface area contributed by atoms with Crippen molar-refractivity contribution in [2.75, 3.05) is 16.9 Å². The first-order valence-electron chi connectivity index (χ1n) is 7.35. The zero-order valence-corrected chi connectivity index (χ0v) is 13.7. The normalized spacial score (nSPS) is 16.6. The van der Waals surface area contributed by atoms with E-state index in [0.717, 1.165) is 0 Å². The largest absolute Gasteiger partial charge is 0.461 e. The van der Waals surface area contributed by atoms with Crippen molar-refractivity contribution in [2.45, 2.75) is 19.4 Å². The lowest BCUT2D eigenvalue weighted by Crippen LogP contribution is -2.38. The van der Waals surface area contributed by atoms with E-state index in [9.17, 15) is 9.59 Å². The molecule has 24 heavy (non-hydrogen) atoms. The molecule has 1 N–H and O–H groups in total. The molecule has 0 bridgehead atoms. The molecule has 2 heterocycles. The van der Waals surface area contributed by atoms with Gasteiger partial charge >= 0.3 is 5.97 Å². The number of anilines is 2. The number of para-hydroxylation sites is 1. The molecule has 0 saturated heterocycles. The third kappa shape index (κ3) is 3.40. The van der Waals surface area contributed by atoms with Gasteiger partial charge in [0.1, 0.15) is 17.3 Å². The second-order valence-corrected chi connectivity index (χ2v) is 5.73. The fraction of sp³-hybridized carbons (Fsp3) is 0.267. The van der Waals surface area contributed by atoms with Crippen LogP contribution in [0.5, 0.6) is 0 Å². The maximum atomic E-state index is 12.6. The first-order chi connectivity index (χ1) is 11.7. The van der Waals surface area contributed by atoms with Crippen LogP contribution in [-0.4, -0.2) is 40.4 Å². The van der Waals surface area contributed by atoms with Crippen LogP contribution in [0.2, 0.25) is 0 Å². The second-order valence-electron chi connectivity index (χ2n) is 4.90. The molecule has 1 atom stereocenters. The van der Waals surface area contributed by atoms with Crippen LogP contribution in [0.1, 0.15) is 13.3 Å². The standard InChI is InChI=1S/C15H15N5O3S/c1-2-23-14(22)11-8-12(13(21)17-15-18-16-9-24-15)20(19-11)10-6-4-3-5-7-10/h3-7,9,12H,2,8H2,1H3,(H,17,18,21)/t12-/m0/s1. The second kappa shape index (κ2) is 7.18. The monoisotopic (exact) mass is 345 g/mol. The summed E-state index contributed by atoms with van der Waals surface area (Å²) < 4.78 is 5.00. The van der Waals surface area contributed by atoms with Crippen molar-refractivity contribution >= 4 is 39.7 Å². The fourth-order valence-electron chi connectivity index (χ4n) is 2.29. The quantitative estimate of drug-likeness (QED) is 0.828. The van der Waals surface area contributed by atoms with Crippen molar-refractivity contribution in [3.63, 3.8) is 0 Å². The highest BCUT2D eigenvalue weighted by Crippen LogP contribution is 2.26. The van der Waals surface area contributed by atoms with E-state index >= 15 is 0 Å². The van der Waals surface area contributed by atoms with E-state index < -0.39 is 12.0 Å². The number of benzene rings is 1. The minimum absolute atomic E-state index is 0.165. The summed E-state index contributed by atoms with van der Waals surface area (Å²) in [7, 11) is 0. The van der Waals surface area contributed by atoms with E-state index in [4.69, 9.17) is 4.74 Å². The third-order valence-corrected chi connectivity index (χ3v) is 3.94. The Morgan fingerprint density at radius 1 is 1.38 bits per heavy atom. The van der Waals surface area contributed by atoms with Gasteiger partial charge in [-0.2, -0.15) is 5.10 Å². The summed E-state index contributed by atoms with van der Waals surface area (Å²) in [5.41, 5.74) is 2.46. The molecule has 0 saturated carbocycles. The zero-order valence-electron chi connectivity index (χ0n) is 12.9. The van der Waals surface area contributed by atoms with Gasteiger partial charge < -0.3 is 4.74 Å². The number of nitrogens with one attached hydrogen (secondary N) is 1. The van der Waals surface area contributed by atoms with Crippen LogP contribution in [0.25, 0.3) is 0 Å². The Bertz CT molecular complexity index is 748. The van der Waals surface area contributed by atoms with Gasteiger partial charge in [0.25, 0.3) is 5.91 Å². The van der Waals surface area contributed by atoms with Crippen molar-refractivity contribution in [2.24, 2.45) is 5.10 Å². The average molecular weight is 345 g/mol. The van der Waals surface area contributed by atoms with E-state index in [2.05, 4.69) is 20.6 Å². The Morgan fingerprint density at radius 3 is 2.83 bits per heavy atom. The van der Waals surface area contributed by atoms with Gasteiger partial charge in [0, 0.05) is 6.42 Å². The number of carbonyl (C=O) groups excluding carboxylic acids is 2. The average Bonchev–Trinajstić information content (AvgIpc) is 3.25. The van der Waals surface area contributed by atoms with Crippen LogP contribution < -0.4 is 10.3 Å². The Morgan fingerprint density at radius 2 is 2.17 bits per heavy atom. The topological polar surface area (TPSA) is 96.8 Å². The Balaban J connectivity index is 1.84. The highest BCUT2D eigenvalue weighted by atomic mass is 32.1. The Labute approximate surface area is 142 Å². The van der Waals surface area contributed by atoms with Crippen LogP contribution >= 0.6 is 11.3 Å². The lowest BCUT2D eigenvalue weighted by molar-refractivity contribution is -0.135. The van der Waals surface area contributed by atoms with E-state index in [-0.39, 0.29) is 24.6 Å². The van der Waals surface area contributed by atoms with Gasteiger partial charge in [-0.25, -0.2) is 4.79 Å². The number of hydrogen-bond donors (Lipinski definition) is 1. The predicted molar refractivity (Wildman–Crippen MR) is 89.9 cm³/mol. The smallest absolute Gasteiger partial charge is 0.354 e. The first-order valence-corrected chi connectivity index (χ1v) is 8.23. The molecule has 2 aromatic rings. The lowest BCUT2D eigenvalue weighted by atomic mass is 10.1. The van der Waals surface area contributed by atoms with Crippen LogP contribution in [0, 0.1) is 0 Å². The molecule has 0 unspecified atom stereocenters. The number of amides is 1. The molecule has 1 aromatic heterocycles. The number of nitrogens with zero attached hydrogens (tertiary/aromatic N) is 4. The molecule has 1 aliphatic rings. The molecule has 0 radical (unpaired) electrons. The van der Waals surface area contributed by atoms with Crippen LogP contribution in [0.3, 0.4) is 0 Å². The van der Waals surface area contributed by atoms with Gasteiger partial charge in [0.15, 0.2) is 0 Å². The lowest BCUT2D eigenvalue weighted by Gasteiger charge is -2.22. The summed E-state index contributed by atoms with van der Waals surface area (Å²) in [6, 6.07) is 8.54. The molecule has 3 rings (SSSR count). The van der Waals surface area contributed by atoms with Crippen molar-refractivity contribution in [3.8, 4) is 0 Å². The summed E-state index contributed by atoms with van der Waals surface area (Å²) in [5.74, 6) is -0.816. The highest BCUT2D eigenvalue weighted by molar-refractivity contribution is 7.13. The molecule has 0 spiro atoms. The number of carbonyl (C=O) groups is 2. The van der Waals surface area contributed by atoms with E-state index in [1.165, 1.54) is 21.9 Å². The molecule has 1 amide bonds. The number of esters is 1.